The Labute approximate surface area is 112 Å². The lowest BCUT2D eigenvalue weighted by Gasteiger charge is -2.23. The van der Waals surface area contributed by atoms with E-state index in [9.17, 15) is 14.0 Å². The first-order chi connectivity index (χ1) is 9.01. The second-order valence-corrected chi connectivity index (χ2v) is 4.21. The summed E-state index contributed by atoms with van der Waals surface area (Å²) in [6, 6.07) is 5.76. The third-order valence-corrected chi connectivity index (χ3v) is 2.94. The monoisotopic (exact) mass is 266 g/mol. The minimum Gasteiger partial charge on any atom is -0.342 e. The van der Waals surface area contributed by atoms with Crippen molar-refractivity contribution in [3.05, 3.63) is 35.6 Å². The number of halogens is 1. The van der Waals surface area contributed by atoms with Crippen LogP contribution in [0.15, 0.2) is 24.3 Å². The Hall–Kier alpha value is -1.91. The fourth-order valence-electron chi connectivity index (χ4n) is 1.79. The molecule has 4 nitrogen and oxygen atoms in total. The van der Waals surface area contributed by atoms with Gasteiger partial charge in [-0.3, -0.25) is 9.59 Å². The van der Waals surface area contributed by atoms with Crippen LogP contribution in [0.5, 0.6) is 0 Å². The van der Waals surface area contributed by atoms with Crippen LogP contribution in [0.3, 0.4) is 0 Å². The van der Waals surface area contributed by atoms with Crippen LogP contribution in [-0.2, 0) is 4.79 Å². The molecule has 0 unspecified atom stereocenters. The molecule has 1 rings (SSSR count). The van der Waals surface area contributed by atoms with Crippen LogP contribution in [0.2, 0.25) is 0 Å². The SMILES string of the molecule is CCN(CC)C(=O)CN(C)C(=O)c1ccccc1F. The predicted octanol–water partition coefficient (Wildman–Crippen LogP) is 1.77. The summed E-state index contributed by atoms with van der Waals surface area (Å²) in [6.45, 7) is 4.89. The van der Waals surface area contributed by atoms with Crippen LogP contribution >= 0.6 is 0 Å². The molecule has 0 fully saturated rings. The van der Waals surface area contributed by atoms with Gasteiger partial charge in [-0.15, -0.1) is 0 Å². The topological polar surface area (TPSA) is 40.6 Å². The zero-order valence-electron chi connectivity index (χ0n) is 11.5. The lowest BCUT2D eigenvalue weighted by molar-refractivity contribution is -0.131. The Morgan fingerprint density at radius 1 is 1.16 bits per heavy atom. The van der Waals surface area contributed by atoms with Crippen molar-refractivity contribution in [2.24, 2.45) is 0 Å². The van der Waals surface area contributed by atoms with Crippen LogP contribution < -0.4 is 0 Å². The zero-order chi connectivity index (χ0) is 14.4. The van der Waals surface area contributed by atoms with Gasteiger partial charge in [-0.2, -0.15) is 0 Å². The van der Waals surface area contributed by atoms with Gasteiger partial charge in [0.05, 0.1) is 12.1 Å². The van der Waals surface area contributed by atoms with Gasteiger partial charge in [-0.05, 0) is 26.0 Å². The number of amides is 2. The van der Waals surface area contributed by atoms with E-state index >= 15 is 0 Å². The third-order valence-electron chi connectivity index (χ3n) is 2.94. The molecule has 0 radical (unpaired) electrons. The normalized spacial score (nSPS) is 10.1. The number of hydrogen-bond donors (Lipinski definition) is 0. The summed E-state index contributed by atoms with van der Waals surface area (Å²) in [7, 11) is 1.50. The molecule has 0 aliphatic carbocycles. The van der Waals surface area contributed by atoms with Crippen molar-refractivity contribution in [3.63, 3.8) is 0 Å². The van der Waals surface area contributed by atoms with E-state index in [1.807, 2.05) is 13.8 Å². The van der Waals surface area contributed by atoms with Crippen molar-refractivity contribution in [2.45, 2.75) is 13.8 Å². The van der Waals surface area contributed by atoms with Gasteiger partial charge in [-0.1, -0.05) is 12.1 Å². The molecular weight excluding hydrogens is 247 g/mol. The summed E-state index contributed by atoms with van der Waals surface area (Å²) in [5.41, 5.74) is -0.0163. The van der Waals surface area contributed by atoms with Gasteiger partial charge in [-0.25, -0.2) is 4.39 Å². The van der Waals surface area contributed by atoms with E-state index in [0.29, 0.717) is 13.1 Å². The maximum absolute atomic E-state index is 13.5. The highest BCUT2D eigenvalue weighted by atomic mass is 19.1. The van der Waals surface area contributed by atoms with Crippen LogP contribution in [-0.4, -0.2) is 48.3 Å². The second kappa shape index (κ2) is 6.87. The van der Waals surface area contributed by atoms with Gasteiger partial charge in [0.2, 0.25) is 5.91 Å². The number of hydrogen-bond acceptors (Lipinski definition) is 2. The van der Waals surface area contributed by atoms with E-state index in [0.717, 1.165) is 0 Å². The van der Waals surface area contributed by atoms with E-state index in [4.69, 9.17) is 0 Å². The summed E-state index contributed by atoms with van der Waals surface area (Å²) in [5, 5.41) is 0. The molecular formula is C14H19FN2O2. The lowest BCUT2D eigenvalue weighted by atomic mass is 10.2. The van der Waals surface area contributed by atoms with Crippen LogP contribution in [0, 0.1) is 5.82 Å². The number of carbonyl (C=O) groups excluding carboxylic acids is 2. The highest BCUT2D eigenvalue weighted by Gasteiger charge is 2.19. The van der Waals surface area contributed by atoms with Crippen molar-refractivity contribution < 1.29 is 14.0 Å². The summed E-state index contributed by atoms with van der Waals surface area (Å²) >= 11 is 0. The van der Waals surface area contributed by atoms with E-state index < -0.39 is 11.7 Å². The number of nitrogens with zero attached hydrogens (tertiary/aromatic N) is 2. The Morgan fingerprint density at radius 3 is 2.26 bits per heavy atom. The Bertz CT molecular complexity index is 459. The van der Waals surface area contributed by atoms with Gasteiger partial charge in [0, 0.05) is 20.1 Å². The molecule has 0 spiro atoms. The predicted molar refractivity (Wildman–Crippen MR) is 71.3 cm³/mol. The smallest absolute Gasteiger partial charge is 0.257 e. The van der Waals surface area contributed by atoms with Crippen molar-refractivity contribution in [1.82, 2.24) is 9.80 Å². The first kappa shape index (κ1) is 15.1. The Morgan fingerprint density at radius 2 is 1.74 bits per heavy atom. The van der Waals surface area contributed by atoms with Crippen molar-refractivity contribution in [3.8, 4) is 0 Å². The molecule has 0 heterocycles. The molecule has 19 heavy (non-hydrogen) atoms. The fraction of sp³-hybridized carbons (Fsp3) is 0.429. The van der Waals surface area contributed by atoms with Gasteiger partial charge < -0.3 is 9.80 Å². The molecule has 1 aromatic rings. The minimum atomic E-state index is -0.574. The van der Waals surface area contributed by atoms with Crippen molar-refractivity contribution in [1.29, 1.82) is 0 Å². The third kappa shape index (κ3) is 3.77. The molecule has 1 aromatic carbocycles. The number of benzene rings is 1. The van der Waals surface area contributed by atoms with Crippen molar-refractivity contribution >= 4 is 11.8 Å². The average molecular weight is 266 g/mol. The van der Waals surface area contributed by atoms with E-state index in [1.54, 1.807) is 11.0 Å². The molecule has 0 aromatic heterocycles. The zero-order valence-corrected chi connectivity index (χ0v) is 11.5. The van der Waals surface area contributed by atoms with Crippen molar-refractivity contribution in [2.75, 3.05) is 26.7 Å². The van der Waals surface area contributed by atoms with E-state index in [1.165, 1.54) is 30.1 Å². The average Bonchev–Trinajstić information content (AvgIpc) is 2.39. The summed E-state index contributed by atoms with van der Waals surface area (Å²) in [5.74, 6) is -1.20. The number of likely N-dealkylation sites (N-methyl/N-ethyl adjacent to an activating group) is 2. The molecule has 0 aliphatic rings. The molecule has 0 aliphatic heterocycles. The van der Waals surface area contributed by atoms with E-state index in [-0.39, 0.29) is 18.0 Å². The summed E-state index contributed by atoms with van der Waals surface area (Å²) in [4.78, 5) is 26.8. The molecule has 0 saturated heterocycles. The molecule has 0 saturated carbocycles. The number of carbonyl (C=O) groups is 2. The molecule has 0 bridgehead atoms. The quantitative estimate of drug-likeness (QED) is 0.815. The molecule has 104 valence electrons. The van der Waals surface area contributed by atoms with Crippen LogP contribution in [0.25, 0.3) is 0 Å². The Balaban J connectivity index is 2.74. The lowest BCUT2D eigenvalue weighted by Crippen LogP contribution is -2.41. The van der Waals surface area contributed by atoms with Crippen LogP contribution in [0.1, 0.15) is 24.2 Å². The maximum Gasteiger partial charge on any atom is 0.257 e. The highest BCUT2D eigenvalue weighted by Crippen LogP contribution is 2.09. The molecule has 5 heteroatoms. The largest absolute Gasteiger partial charge is 0.342 e. The van der Waals surface area contributed by atoms with Gasteiger partial charge in [0.1, 0.15) is 5.82 Å². The van der Waals surface area contributed by atoms with Gasteiger partial charge in [0.15, 0.2) is 0 Å². The molecule has 0 atom stereocenters. The van der Waals surface area contributed by atoms with Crippen LogP contribution in [0.4, 0.5) is 4.39 Å². The van der Waals surface area contributed by atoms with Gasteiger partial charge in [0.25, 0.3) is 5.91 Å². The highest BCUT2D eigenvalue weighted by molar-refractivity contribution is 5.96. The minimum absolute atomic E-state index is 0.0163. The molecule has 0 N–H and O–H groups in total. The van der Waals surface area contributed by atoms with E-state index in [2.05, 4.69) is 0 Å². The maximum atomic E-state index is 13.5. The fourth-order valence-corrected chi connectivity index (χ4v) is 1.79. The summed E-state index contributed by atoms with van der Waals surface area (Å²) < 4.78 is 13.5. The standard InChI is InChI=1S/C14H19FN2O2/c1-4-17(5-2)13(18)10-16(3)14(19)11-8-6-7-9-12(11)15/h6-9H,4-5,10H2,1-3H3. The van der Waals surface area contributed by atoms with Gasteiger partial charge >= 0.3 is 0 Å². The Kier molecular flexibility index (Phi) is 5.48. The second-order valence-electron chi connectivity index (χ2n) is 4.21. The molecule has 2 amide bonds. The summed E-state index contributed by atoms with van der Waals surface area (Å²) in [6.07, 6.45) is 0. The first-order valence-corrected chi connectivity index (χ1v) is 6.29. The number of rotatable bonds is 5. The first-order valence-electron chi connectivity index (χ1n) is 6.29.